The molecule has 1 heterocycles. The second kappa shape index (κ2) is 14.2. The third-order valence-electron chi connectivity index (χ3n) is 5.80. The number of ether oxygens (including phenoxy) is 1. The van der Waals surface area contributed by atoms with Crippen LogP contribution < -0.4 is 10.6 Å². The highest BCUT2D eigenvalue weighted by atomic mass is 32.1. The average molecular weight is 496 g/mol. The van der Waals surface area contributed by atoms with Crippen LogP contribution in [0.4, 0.5) is 5.69 Å². The van der Waals surface area contributed by atoms with Gasteiger partial charge in [-0.2, -0.15) is 0 Å². The Hall–Kier alpha value is -3.26. The Morgan fingerprint density at radius 2 is 1.60 bits per heavy atom. The summed E-state index contributed by atoms with van der Waals surface area (Å²) in [5.41, 5.74) is 2.30. The molecule has 2 aromatic carbocycles. The second-order valence-electron chi connectivity index (χ2n) is 8.56. The van der Waals surface area contributed by atoms with Crippen LogP contribution in [0, 0.1) is 0 Å². The quantitative estimate of drug-likeness (QED) is 0.287. The number of esters is 1. The van der Waals surface area contributed by atoms with E-state index >= 15 is 0 Å². The van der Waals surface area contributed by atoms with Gasteiger partial charge in [-0.25, -0.2) is 0 Å². The number of anilines is 1. The summed E-state index contributed by atoms with van der Waals surface area (Å²) in [6.45, 7) is 1.87. The normalized spacial score (nSPS) is 13.1. The number of para-hydroxylation sites is 1. The molecule has 0 atom stereocenters. The van der Waals surface area contributed by atoms with Crippen LogP contribution in [0.2, 0.25) is 0 Å². The Balaban J connectivity index is 1.34. The van der Waals surface area contributed by atoms with Crippen molar-refractivity contribution in [3.63, 3.8) is 0 Å². The number of hydrogen-bond donors (Lipinski definition) is 2. The van der Waals surface area contributed by atoms with Gasteiger partial charge in [0.05, 0.1) is 17.9 Å². The van der Waals surface area contributed by atoms with Gasteiger partial charge < -0.3 is 20.3 Å². The first kappa shape index (κ1) is 26.3. The van der Waals surface area contributed by atoms with Gasteiger partial charge >= 0.3 is 5.97 Å². The third kappa shape index (κ3) is 9.13. The molecule has 1 aliphatic heterocycles. The van der Waals surface area contributed by atoms with Crippen LogP contribution >= 0.6 is 12.2 Å². The molecular formula is C27H33N3O4S. The minimum atomic E-state index is -0.309. The molecule has 35 heavy (non-hydrogen) atoms. The van der Waals surface area contributed by atoms with E-state index in [1.807, 2.05) is 47.4 Å². The lowest BCUT2D eigenvalue weighted by atomic mass is 10.1. The maximum Gasteiger partial charge on any atom is 0.305 e. The van der Waals surface area contributed by atoms with Gasteiger partial charge in [-0.15, -0.1) is 0 Å². The van der Waals surface area contributed by atoms with Gasteiger partial charge in [-0.05, 0) is 68.4 Å². The van der Waals surface area contributed by atoms with Crippen LogP contribution in [0.1, 0.15) is 60.9 Å². The van der Waals surface area contributed by atoms with E-state index in [2.05, 4.69) is 10.6 Å². The van der Waals surface area contributed by atoms with Crippen molar-refractivity contribution in [1.82, 2.24) is 10.2 Å². The second-order valence-corrected chi connectivity index (χ2v) is 8.97. The molecule has 0 aliphatic carbocycles. The SMILES string of the molecule is O=C(CCCC(=O)OCCCc1ccccc1)NC(=S)Nc1ccccc1C(=O)N1CCCCC1. The van der Waals surface area contributed by atoms with Gasteiger partial charge in [0.2, 0.25) is 5.91 Å². The van der Waals surface area contributed by atoms with Crippen LogP contribution in [-0.2, 0) is 20.7 Å². The summed E-state index contributed by atoms with van der Waals surface area (Å²) in [6, 6.07) is 17.2. The molecule has 0 unspecified atom stereocenters. The third-order valence-corrected chi connectivity index (χ3v) is 6.01. The molecule has 1 saturated heterocycles. The maximum absolute atomic E-state index is 12.9. The molecule has 8 heteroatoms. The van der Waals surface area contributed by atoms with E-state index in [4.69, 9.17) is 17.0 Å². The molecule has 2 N–H and O–H groups in total. The molecule has 2 aromatic rings. The van der Waals surface area contributed by atoms with Crippen molar-refractivity contribution >= 4 is 40.8 Å². The zero-order chi connectivity index (χ0) is 24.9. The number of likely N-dealkylation sites (tertiary alicyclic amines) is 1. The standard InChI is InChI=1S/C27H33N3O4S/c31-24(16-9-17-25(32)34-20-10-13-21-11-3-1-4-12-21)29-27(35)28-23-15-6-5-14-22(23)26(33)30-18-7-2-8-19-30/h1,3-6,11-12,14-15H,2,7-10,13,16-20H2,(H2,28,29,31,35). The Labute approximate surface area is 212 Å². The molecule has 0 bridgehead atoms. The van der Waals surface area contributed by atoms with Gasteiger partial charge in [0.25, 0.3) is 5.91 Å². The maximum atomic E-state index is 12.9. The van der Waals surface area contributed by atoms with E-state index in [0.29, 0.717) is 24.3 Å². The molecule has 0 spiro atoms. The summed E-state index contributed by atoms with van der Waals surface area (Å²) in [4.78, 5) is 38.9. The van der Waals surface area contributed by atoms with E-state index in [9.17, 15) is 14.4 Å². The van der Waals surface area contributed by atoms with Crippen molar-refractivity contribution in [3.05, 3.63) is 65.7 Å². The van der Waals surface area contributed by atoms with E-state index in [1.54, 1.807) is 12.1 Å². The first-order chi connectivity index (χ1) is 17.0. The summed E-state index contributed by atoms with van der Waals surface area (Å²) in [6.07, 6.45) is 5.48. The molecule has 7 nitrogen and oxygen atoms in total. The van der Waals surface area contributed by atoms with Gasteiger partial charge in [-0.1, -0.05) is 42.5 Å². The Morgan fingerprint density at radius 1 is 0.886 bits per heavy atom. The van der Waals surface area contributed by atoms with Crippen LogP contribution in [0.25, 0.3) is 0 Å². The number of amides is 2. The number of carbonyl (C=O) groups is 3. The number of benzene rings is 2. The van der Waals surface area contributed by atoms with Crippen molar-refractivity contribution in [2.45, 2.75) is 51.4 Å². The molecule has 0 radical (unpaired) electrons. The Kier molecular flexibility index (Phi) is 10.7. The fourth-order valence-electron chi connectivity index (χ4n) is 3.96. The number of nitrogens with one attached hydrogen (secondary N) is 2. The Morgan fingerprint density at radius 3 is 2.37 bits per heavy atom. The number of hydrogen-bond acceptors (Lipinski definition) is 5. The van der Waals surface area contributed by atoms with Crippen molar-refractivity contribution in [1.29, 1.82) is 0 Å². The van der Waals surface area contributed by atoms with Crippen molar-refractivity contribution in [2.24, 2.45) is 0 Å². The molecule has 2 amide bonds. The van der Waals surface area contributed by atoms with E-state index in [-0.39, 0.29) is 35.7 Å². The minimum absolute atomic E-state index is 0.0378. The van der Waals surface area contributed by atoms with Crippen molar-refractivity contribution in [2.75, 3.05) is 25.0 Å². The van der Waals surface area contributed by atoms with E-state index in [0.717, 1.165) is 45.2 Å². The first-order valence-corrected chi connectivity index (χ1v) is 12.6. The zero-order valence-corrected chi connectivity index (χ0v) is 20.8. The van der Waals surface area contributed by atoms with Gasteiger partial charge in [0.1, 0.15) is 0 Å². The lowest BCUT2D eigenvalue weighted by Gasteiger charge is -2.27. The van der Waals surface area contributed by atoms with Crippen LogP contribution in [0.3, 0.4) is 0 Å². The topological polar surface area (TPSA) is 87.7 Å². The highest BCUT2D eigenvalue weighted by molar-refractivity contribution is 7.80. The lowest BCUT2D eigenvalue weighted by Crippen LogP contribution is -2.37. The van der Waals surface area contributed by atoms with E-state index in [1.165, 1.54) is 5.56 Å². The van der Waals surface area contributed by atoms with Gasteiger partial charge in [-0.3, -0.25) is 14.4 Å². The molecule has 186 valence electrons. The zero-order valence-electron chi connectivity index (χ0n) is 20.0. The lowest BCUT2D eigenvalue weighted by molar-refractivity contribution is -0.143. The summed E-state index contributed by atoms with van der Waals surface area (Å²) >= 11 is 5.27. The fourth-order valence-corrected chi connectivity index (χ4v) is 4.18. The van der Waals surface area contributed by atoms with E-state index < -0.39 is 0 Å². The van der Waals surface area contributed by atoms with Crippen molar-refractivity contribution < 1.29 is 19.1 Å². The minimum Gasteiger partial charge on any atom is -0.466 e. The van der Waals surface area contributed by atoms with Crippen LogP contribution in [-0.4, -0.2) is 47.5 Å². The van der Waals surface area contributed by atoms with Crippen molar-refractivity contribution in [3.8, 4) is 0 Å². The number of piperidine rings is 1. The summed E-state index contributed by atoms with van der Waals surface area (Å²) in [7, 11) is 0. The molecular weight excluding hydrogens is 462 g/mol. The summed E-state index contributed by atoms with van der Waals surface area (Å²) in [5, 5.41) is 5.71. The number of aryl methyl sites for hydroxylation is 1. The monoisotopic (exact) mass is 495 g/mol. The number of carbonyl (C=O) groups excluding carboxylic acids is 3. The average Bonchev–Trinajstić information content (AvgIpc) is 2.87. The molecule has 3 rings (SSSR count). The summed E-state index contributed by atoms with van der Waals surface area (Å²) < 4.78 is 5.25. The van der Waals surface area contributed by atoms with Gasteiger partial charge in [0.15, 0.2) is 5.11 Å². The summed E-state index contributed by atoms with van der Waals surface area (Å²) in [5.74, 6) is -0.639. The fraction of sp³-hybridized carbons (Fsp3) is 0.407. The Bertz CT molecular complexity index is 1010. The number of rotatable bonds is 10. The first-order valence-electron chi connectivity index (χ1n) is 12.2. The molecule has 1 aliphatic rings. The smallest absolute Gasteiger partial charge is 0.305 e. The predicted molar refractivity (Wildman–Crippen MR) is 140 cm³/mol. The predicted octanol–water partition coefficient (Wildman–Crippen LogP) is 4.47. The van der Waals surface area contributed by atoms with Gasteiger partial charge in [0, 0.05) is 25.9 Å². The molecule has 1 fully saturated rings. The number of thiocarbonyl (C=S) groups is 1. The molecule has 0 aromatic heterocycles. The number of nitrogens with zero attached hydrogens (tertiary/aromatic N) is 1. The van der Waals surface area contributed by atoms with Crippen LogP contribution in [0.5, 0.6) is 0 Å². The molecule has 0 saturated carbocycles. The largest absolute Gasteiger partial charge is 0.466 e. The highest BCUT2D eigenvalue weighted by Gasteiger charge is 2.21. The van der Waals surface area contributed by atoms with Crippen LogP contribution in [0.15, 0.2) is 54.6 Å². The highest BCUT2D eigenvalue weighted by Crippen LogP contribution is 2.20.